The summed E-state index contributed by atoms with van der Waals surface area (Å²) in [5.41, 5.74) is 7.52. The first-order chi connectivity index (χ1) is 8.33. The van der Waals surface area contributed by atoms with Crippen LogP contribution >= 0.6 is 0 Å². The second-order valence-electron chi connectivity index (χ2n) is 3.88. The molecule has 0 aliphatic rings. The second kappa shape index (κ2) is 8.16. The molecule has 0 radical (unpaired) electrons. The van der Waals surface area contributed by atoms with Crippen LogP contribution in [-0.4, -0.2) is 42.4 Å². The van der Waals surface area contributed by atoms with Crippen LogP contribution in [0.5, 0.6) is 0 Å². The molecule has 0 saturated heterocycles. The summed E-state index contributed by atoms with van der Waals surface area (Å²) in [5.74, 6) is 0. The molecule has 1 aromatic heterocycles. The molecule has 0 aliphatic carbocycles. The first kappa shape index (κ1) is 14.1. The van der Waals surface area contributed by atoms with E-state index in [4.69, 9.17) is 15.2 Å². The smallest absolute Gasteiger partial charge is 0.0900 e. The Morgan fingerprint density at radius 2 is 2.06 bits per heavy atom. The zero-order valence-corrected chi connectivity index (χ0v) is 10.7. The van der Waals surface area contributed by atoms with Crippen LogP contribution < -0.4 is 5.73 Å². The monoisotopic (exact) mass is 242 g/mol. The number of hydrogen-bond donors (Lipinski definition) is 1. The van der Waals surface area contributed by atoms with Gasteiger partial charge in [0.25, 0.3) is 0 Å². The molecule has 0 amide bonds. The van der Waals surface area contributed by atoms with Gasteiger partial charge in [0.05, 0.1) is 18.0 Å². The van der Waals surface area contributed by atoms with E-state index in [0.29, 0.717) is 13.2 Å². The molecule has 1 rings (SSSR count). The van der Waals surface area contributed by atoms with Crippen LogP contribution in [0.25, 0.3) is 0 Å². The first-order valence-corrected chi connectivity index (χ1v) is 5.92. The Kier molecular flexibility index (Phi) is 6.76. The van der Waals surface area contributed by atoms with Crippen LogP contribution in [0, 0.1) is 0 Å². The standard InChI is InChI=1S/C11H22N4O2/c1-16-8-4-3-7-15-11(9-17-2)10(5-6-12)13-14-15/h3-9,12H2,1-2H3. The van der Waals surface area contributed by atoms with Gasteiger partial charge in [0.1, 0.15) is 0 Å². The minimum Gasteiger partial charge on any atom is -0.385 e. The van der Waals surface area contributed by atoms with Gasteiger partial charge in [-0.3, -0.25) is 0 Å². The minimum absolute atomic E-state index is 0.534. The van der Waals surface area contributed by atoms with Crippen molar-refractivity contribution in [2.45, 2.75) is 32.4 Å². The van der Waals surface area contributed by atoms with Crippen molar-refractivity contribution in [3.8, 4) is 0 Å². The molecule has 0 saturated carbocycles. The molecule has 1 aromatic rings. The van der Waals surface area contributed by atoms with Crippen molar-refractivity contribution in [3.63, 3.8) is 0 Å². The van der Waals surface area contributed by atoms with Crippen molar-refractivity contribution >= 4 is 0 Å². The van der Waals surface area contributed by atoms with Crippen molar-refractivity contribution in [3.05, 3.63) is 11.4 Å². The number of unbranched alkanes of at least 4 members (excludes halogenated alkanes) is 1. The van der Waals surface area contributed by atoms with Crippen molar-refractivity contribution < 1.29 is 9.47 Å². The summed E-state index contributed by atoms with van der Waals surface area (Å²) < 4.78 is 12.1. The zero-order valence-electron chi connectivity index (χ0n) is 10.7. The molecule has 1 heterocycles. The summed E-state index contributed by atoms with van der Waals surface area (Å²) >= 11 is 0. The maximum absolute atomic E-state index is 5.54. The topological polar surface area (TPSA) is 75.2 Å². The van der Waals surface area contributed by atoms with Gasteiger partial charge in [-0.15, -0.1) is 5.10 Å². The van der Waals surface area contributed by atoms with Gasteiger partial charge in [-0.05, 0) is 19.4 Å². The largest absolute Gasteiger partial charge is 0.385 e. The van der Waals surface area contributed by atoms with E-state index in [1.165, 1.54) is 0 Å². The first-order valence-electron chi connectivity index (χ1n) is 5.92. The van der Waals surface area contributed by atoms with E-state index in [1.807, 2.05) is 4.68 Å². The number of methoxy groups -OCH3 is 2. The molecule has 0 unspecified atom stereocenters. The number of aromatic nitrogens is 3. The molecule has 0 atom stereocenters. The lowest BCUT2D eigenvalue weighted by Crippen LogP contribution is -2.10. The van der Waals surface area contributed by atoms with Crippen molar-refractivity contribution in [1.29, 1.82) is 0 Å². The summed E-state index contributed by atoms with van der Waals surface area (Å²) in [6.45, 7) is 2.75. The summed E-state index contributed by atoms with van der Waals surface area (Å²) in [5, 5.41) is 8.29. The van der Waals surface area contributed by atoms with E-state index in [2.05, 4.69) is 10.3 Å². The lowest BCUT2D eigenvalue weighted by atomic mass is 10.2. The Labute approximate surface area is 102 Å². The highest BCUT2D eigenvalue weighted by Crippen LogP contribution is 2.09. The van der Waals surface area contributed by atoms with Crippen LogP contribution in [-0.2, 0) is 29.0 Å². The molecule has 6 heteroatoms. The van der Waals surface area contributed by atoms with Crippen LogP contribution in [0.2, 0.25) is 0 Å². The van der Waals surface area contributed by atoms with Crippen LogP contribution in [0.3, 0.4) is 0 Å². The molecule has 0 bridgehead atoms. The third-order valence-corrected chi connectivity index (χ3v) is 2.55. The highest BCUT2D eigenvalue weighted by molar-refractivity contribution is 5.09. The highest BCUT2D eigenvalue weighted by atomic mass is 16.5. The summed E-state index contributed by atoms with van der Waals surface area (Å²) in [4.78, 5) is 0. The molecule has 0 aromatic carbocycles. The Bertz CT molecular complexity index is 314. The van der Waals surface area contributed by atoms with E-state index in [9.17, 15) is 0 Å². The Morgan fingerprint density at radius 1 is 1.24 bits per heavy atom. The molecule has 17 heavy (non-hydrogen) atoms. The van der Waals surface area contributed by atoms with Gasteiger partial charge in [0.15, 0.2) is 0 Å². The van der Waals surface area contributed by atoms with Crippen LogP contribution in [0.15, 0.2) is 0 Å². The minimum atomic E-state index is 0.534. The number of rotatable bonds is 9. The lowest BCUT2D eigenvalue weighted by molar-refractivity contribution is 0.173. The number of ether oxygens (including phenoxy) is 2. The number of nitrogens with two attached hydrogens (primary N) is 1. The molecular formula is C11H22N4O2. The predicted molar refractivity (Wildman–Crippen MR) is 64.6 cm³/mol. The van der Waals surface area contributed by atoms with E-state index < -0.39 is 0 Å². The molecule has 98 valence electrons. The molecule has 2 N–H and O–H groups in total. The Hall–Kier alpha value is -0.980. The third kappa shape index (κ3) is 4.41. The average Bonchev–Trinajstić information content (AvgIpc) is 2.69. The maximum Gasteiger partial charge on any atom is 0.0900 e. The fourth-order valence-corrected chi connectivity index (χ4v) is 1.68. The van der Waals surface area contributed by atoms with Crippen LogP contribution in [0.4, 0.5) is 0 Å². The van der Waals surface area contributed by atoms with E-state index in [-0.39, 0.29) is 0 Å². The lowest BCUT2D eigenvalue weighted by Gasteiger charge is -2.06. The summed E-state index contributed by atoms with van der Waals surface area (Å²) in [6, 6.07) is 0. The fraction of sp³-hybridized carbons (Fsp3) is 0.818. The van der Waals surface area contributed by atoms with Crippen molar-refractivity contribution in [2.24, 2.45) is 5.73 Å². The summed E-state index contributed by atoms with van der Waals surface area (Å²) in [6.07, 6.45) is 2.79. The molecule has 0 spiro atoms. The summed E-state index contributed by atoms with van der Waals surface area (Å²) in [7, 11) is 3.39. The van der Waals surface area contributed by atoms with E-state index in [0.717, 1.165) is 43.8 Å². The van der Waals surface area contributed by atoms with Gasteiger partial charge in [0.2, 0.25) is 0 Å². The quantitative estimate of drug-likeness (QED) is 0.632. The number of hydrogen-bond acceptors (Lipinski definition) is 5. The Balaban J connectivity index is 2.56. The second-order valence-corrected chi connectivity index (χ2v) is 3.88. The normalized spacial score (nSPS) is 11.0. The van der Waals surface area contributed by atoms with Gasteiger partial charge < -0.3 is 15.2 Å². The van der Waals surface area contributed by atoms with Gasteiger partial charge in [-0.1, -0.05) is 5.21 Å². The van der Waals surface area contributed by atoms with Crippen LogP contribution in [0.1, 0.15) is 24.2 Å². The van der Waals surface area contributed by atoms with Gasteiger partial charge in [-0.25, -0.2) is 4.68 Å². The Morgan fingerprint density at radius 3 is 2.71 bits per heavy atom. The molecular weight excluding hydrogens is 220 g/mol. The van der Waals surface area contributed by atoms with Gasteiger partial charge >= 0.3 is 0 Å². The molecule has 6 nitrogen and oxygen atoms in total. The molecule has 0 fully saturated rings. The highest BCUT2D eigenvalue weighted by Gasteiger charge is 2.11. The van der Waals surface area contributed by atoms with E-state index in [1.54, 1.807) is 14.2 Å². The SMILES string of the molecule is COCCCCn1nnc(CCN)c1COC. The van der Waals surface area contributed by atoms with Gasteiger partial charge in [0, 0.05) is 33.8 Å². The zero-order chi connectivity index (χ0) is 12.5. The van der Waals surface area contributed by atoms with Crippen molar-refractivity contribution in [2.75, 3.05) is 27.4 Å². The maximum atomic E-state index is 5.54. The third-order valence-electron chi connectivity index (χ3n) is 2.55. The van der Waals surface area contributed by atoms with Crippen molar-refractivity contribution in [1.82, 2.24) is 15.0 Å². The van der Waals surface area contributed by atoms with Gasteiger partial charge in [-0.2, -0.15) is 0 Å². The predicted octanol–water partition coefficient (Wildman–Crippen LogP) is 0.352. The molecule has 0 aliphatic heterocycles. The van der Waals surface area contributed by atoms with E-state index >= 15 is 0 Å². The number of nitrogens with zero attached hydrogens (tertiary/aromatic N) is 3. The number of aryl methyl sites for hydroxylation is 1. The fourth-order valence-electron chi connectivity index (χ4n) is 1.68. The average molecular weight is 242 g/mol.